The number of hydrogen-bond acceptors (Lipinski definition) is 9. The Labute approximate surface area is 594 Å². The minimum atomic E-state index is 0.630. The van der Waals surface area contributed by atoms with E-state index in [1.54, 1.807) is 48.9 Å². The zero-order valence-electron chi connectivity index (χ0n) is 56.6. The average molecular weight is 1360 g/mol. The summed E-state index contributed by atoms with van der Waals surface area (Å²) in [6.45, 7) is 0. The summed E-state index contributed by atoms with van der Waals surface area (Å²) in [6, 6.07) is 94.1. The first-order valence-corrected chi connectivity index (χ1v) is 33.6. The van der Waals surface area contributed by atoms with Crippen LogP contribution < -0.4 is 28.4 Å². The molecule has 3 heterocycles. The molecule has 0 aliphatic heterocycles. The fourth-order valence-electron chi connectivity index (χ4n) is 12.4. The SMILES string of the molecule is COc1cc(OC)c(-c2cc(Cc3ccccc3)nn2-c2ccccc2Cl)cc1Cc1ccccc1.COc1cc(OC)c(-c2ccnn2-c2ccccc2Cc2ccccc2)cc1Cc1ccccc1.COc1cc(OC)c(-c2ccnn2-c2ccccc2Cl)cc1Cc1ccccc1. The normalized spacial score (nSPS) is 10.8. The number of methoxy groups -OCH3 is 6. The van der Waals surface area contributed by atoms with Gasteiger partial charge in [0.2, 0.25) is 0 Å². The lowest BCUT2D eigenvalue weighted by atomic mass is 9.99. The van der Waals surface area contributed by atoms with E-state index in [0.29, 0.717) is 28.0 Å². The summed E-state index contributed by atoms with van der Waals surface area (Å²) in [7, 11) is 10.1. The number of ether oxygens (including phenoxy) is 6. The summed E-state index contributed by atoms with van der Waals surface area (Å²) < 4.78 is 40.2. The lowest BCUT2D eigenvalue weighted by Gasteiger charge is -2.17. The first-order valence-electron chi connectivity index (χ1n) is 32.8. The van der Waals surface area contributed by atoms with Crippen molar-refractivity contribution in [1.29, 1.82) is 0 Å². The van der Waals surface area contributed by atoms with Crippen LogP contribution in [0.2, 0.25) is 10.0 Å². The largest absolute Gasteiger partial charge is 0.496 e. The average Bonchev–Trinajstić information content (AvgIpc) is 1.51. The van der Waals surface area contributed by atoms with Crippen LogP contribution in [0, 0.1) is 0 Å². The van der Waals surface area contributed by atoms with Gasteiger partial charge in [0.1, 0.15) is 34.5 Å². The molecule has 0 bridgehead atoms. The second kappa shape index (κ2) is 33.1. The van der Waals surface area contributed by atoms with Gasteiger partial charge in [-0.15, -0.1) is 0 Å². The van der Waals surface area contributed by atoms with Gasteiger partial charge in [-0.1, -0.05) is 217 Å². The Bertz CT molecular complexity index is 4990. The molecule has 0 N–H and O–H groups in total. The van der Waals surface area contributed by atoms with E-state index in [-0.39, 0.29) is 0 Å². The van der Waals surface area contributed by atoms with Gasteiger partial charge in [-0.05, 0) is 123 Å². The molecule has 500 valence electrons. The van der Waals surface area contributed by atoms with Crippen LogP contribution in [0.3, 0.4) is 0 Å². The Hall–Kier alpha value is -11.6. The number of nitrogens with zero attached hydrogens (tertiary/aromatic N) is 6. The lowest BCUT2D eigenvalue weighted by Crippen LogP contribution is -2.05. The van der Waals surface area contributed by atoms with Crippen molar-refractivity contribution < 1.29 is 28.4 Å². The maximum absolute atomic E-state index is 6.64. The molecule has 0 aliphatic carbocycles. The van der Waals surface area contributed by atoms with E-state index in [2.05, 4.69) is 151 Å². The van der Waals surface area contributed by atoms with Crippen molar-refractivity contribution in [2.75, 3.05) is 42.7 Å². The molecule has 0 radical (unpaired) electrons. The Morgan fingerprint density at radius 2 is 0.570 bits per heavy atom. The lowest BCUT2D eigenvalue weighted by molar-refractivity contribution is 0.392. The Kier molecular flexibility index (Phi) is 22.6. The minimum Gasteiger partial charge on any atom is -0.496 e. The van der Waals surface area contributed by atoms with E-state index in [1.807, 2.05) is 154 Å². The number of para-hydroxylation sites is 3. The van der Waals surface area contributed by atoms with E-state index in [4.69, 9.17) is 61.8 Å². The molecule has 12 nitrogen and oxygen atoms in total. The summed E-state index contributed by atoms with van der Waals surface area (Å²) in [5, 5.41) is 15.5. The molecule has 0 saturated carbocycles. The molecule has 0 amide bonds. The fraction of sp³-hybridized carbons (Fsp3) is 0.128. The third-order valence-electron chi connectivity index (χ3n) is 17.2. The smallest absolute Gasteiger partial charge is 0.131 e. The van der Waals surface area contributed by atoms with Crippen molar-refractivity contribution in [1.82, 2.24) is 29.3 Å². The second-order valence-electron chi connectivity index (χ2n) is 23.6. The van der Waals surface area contributed by atoms with Crippen LogP contribution in [0.5, 0.6) is 34.5 Å². The van der Waals surface area contributed by atoms with E-state index in [0.717, 1.165) is 122 Å². The Morgan fingerprint density at radius 3 is 0.940 bits per heavy atom. The van der Waals surface area contributed by atoms with Gasteiger partial charge in [0, 0.05) is 60.6 Å². The molecule has 100 heavy (non-hydrogen) atoms. The van der Waals surface area contributed by atoms with E-state index >= 15 is 0 Å². The summed E-state index contributed by atoms with van der Waals surface area (Å²) in [5.74, 6) is 4.56. The van der Waals surface area contributed by atoms with Gasteiger partial charge >= 0.3 is 0 Å². The molecule has 0 unspecified atom stereocenters. The highest BCUT2D eigenvalue weighted by molar-refractivity contribution is 6.32. The van der Waals surface area contributed by atoms with Gasteiger partial charge in [-0.3, -0.25) is 0 Å². The molecule has 14 heteroatoms. The molecule has 0 aliphatic rings. The number of rotatable bonds is 22. The maximum atomic E-state index is 6.64. The number of hydrogen-bond donors (Lipinski definition) is 0. The molecular weight excluding hydrogens is 1280 g/mol. The van der Waals surface area contributed by atoms with Crippen LogP contribution >= 0.6 is 23.2 Å². The number of halogens is 2. The molecule has 14 aromatic rings. The van der Waals surface area contributed by atoms with Crippen LogP contribution in [0.1, 0.15) is 55.8 Å². The second-order valence-corrected chi connectivity index (χ2v) is 24.4. The molecular formula is C86H76Cl2N6O6. The van der Waals surface area contributed by atoms with Crippen molar-refractivity contribution in [3.8, 4) is 85.3 Å². The predicted octanol–water partition coefficient (Wildman–Crippen LogP) is 19.9. The van der Waals surface area contributed by atoms with Crippen LogP contribution in [-0.2, 0) is 32.1 Å². The van der Waals surface area contributed by atoms with Gasteiger partial charge in [0.15, 0.2) is 0 Å². The maximum Gasteiger partial charge on any atom is 0.131 e. The highest BCUT2D eigenvalue weighted by Gasteiger charge is 2.23. The molecule has 11 aromatic carbocycles. The van der Waals surface area contributed by atoms with Crippen molar-refractivity contribution in [3.05, 3.63) is 357 Å². The Morgan fingerprint density at radius 1 is 0.270 bits per heavy atom. The van der Waals surface area contributed by atoms with E-state index in [1.165, 1.54) is 33.4 Å². The number of aromatic nitrogens is 6. The van der Waals surface area contributed by atoms with Gasteiger partial charge in [-0.25, -0.2) is 14.0 Å². The van der Waals surface area contributed by atoms with Crippen molar-refractivity contribution >= 4 is 23.2 Å². The van der Waals surface area contributed by atoms with Crippen molar-refractivity contribution in [3.63, 3.8) is 0 Å². The number of benzene rings is 11. The summed E-state index contributed by atoms with van der Waals surface area (Å²) in [5.41, 5.74) is 19.8. The standard InChI is InChI=1S/C31H27ClN2O2.C31H28N2O2.C24H21ClN2O2/c1-35-30-21-31(36-2)26(19-24(30)17-22-11-5-3-6-12-22)29-20-25(18-23-13-7-4-8-14-23)33-34(29)28-16-10-9-15-27(28)32;1-34-30-22-31(35-2)27(21-26(30)20-24-13-7-4-8-14-24)29-17-18-32-33(29)28-16-10-9-15-25(28)19-23-11-5-3-6-12-23;1-28-23-16-24(29-2)19(15-18(23)14-17-8-4-3-5-9-17)21-12-13-26-27(21)22-11-7-6-10-20(22)25/h3-16,19-21H,17-18H2,1-2H3;3-18,21-22H,19-20H2,1-2H3;3-13,15-16H,14H2,1-2H3. The van der Waals surface area contributed by atoms with Crippen LogP contribution in [0.4, 0.5) is 0 Å². The third-order valence-corrected chi connectivity index (χ3v) is 17.9. The van der Waals surface area contributed by atoms with Gasteiger partial charge in [0.25, 0.3) is 0 Å². The highest BCUT2D eigenvalue weighted by Crippen LogP contribution is 2.42. The zero-order chi connectivity index (χ0) is 69.2. The third kappa shape index (κ3) is 16.2. The van der Waals surface area contributed by atoms with E-state index < -0.39 is 0 Å². The molecule has 0 spiro atoms. The molecule has 0 atom stereocenters. The van der Waals surface area contributed by atoms with Gasteiger partial charge < -0.3 is 28.4 Å². The van der Waals surface area contributed by atoms with Gasteiger partial charge in [0.05, 0.1) is 105 Å². The molecule has 14 rings (SSSR count). The zero-order valence-corrected chi connectivity index (χ0v) is 58.1. The molecule has 3 aromatic heterocycles. The topological polar surface area (TPSA) is 109 Å². The summed E-state index contributed by atoms with van der Waals surface area (Å²) >= 11 is 13.1. The van der Waals surface area contributed by atoms with Crippen molar-refractivity contribution in [2.24, 2.45) is 0 Å². The molecule has 0 saturated heterocycles. The Balaban J connectivity index is 0.000000143. The van der Waals surface area contributed by atoms with Crippen LogP contribution in [0.25, 0.3) is 50.8 Å². The fourth-order valence-corrected chi connectivity index (χ4v) is 12.8. The first kappa shape index (κ1) is 68.4. The predicted molar refractivity (Wildman–Crippen MR) is 403 cm³/mol. The van der Waals surface area contributed by atoms with E-state index in [9.17, 15) is 0 Å². The molecule has 0 fully saturated rings. The summed E-state index contributed by atoms with van der Waals surface area (Å²) in [4.78, 5) is 0. The highest BCUT2D eigenvalue weighted by atomic mass is 35.5. The van der Waals surface area contributed by atoms with Gasteiger partial charge in [-0.2, -0.15) is 15.3 Å². The van der Waals surface area contributed by atoms with Crippen molar-refractivity contribution in [2.45, 2.75) is 32.1 Å². The van der Waals surface area contributed by atoms with Crippen LogP contribution in [0.15, 0.2) is 291 Å². The first-order chi connectivity index (χ1) is 49.1. The minimum absolute atomic E-state index is 0.630. The monoisotopic (exact) mass is 1360 g/mol. The van der Waals surface area contributed by atoms with Crippen LogP contribution in [-0.4, -0.2) is 72.0 Å². The quantitative estimate of drug-likeness (QED) is 0.0655. The summed E-state index contributed by atoms with van der Waals surface area (Å²) in [6.07, 6.45) is 7.39.